The molecule has 3 aliphatic rings. The van der Waals surface area contributed by atoms with Crippen LogP contribution in [0.2, 0.25) is 0 Å². The number of hydrogen-bond donors (Lipinski definition) is 3. The van der Waals surface area contributed by atoms with Crippen LogP contribution in [0.1, 0.15) is 80.6 Å². The standard InChI is InChI=1S/C20H29F2N5O2/c21-20(22)9-7-14(8-10-20)24-13-3-5-15(6-4-13)27-11-16(17(23)28)18(26-27)25-19(29)12-1-2-12/h11-15,24H,1-10H2,(H2,23,28)(H,25,26,29). The molecule has 0 bridgehead atoms. The number of halogens is 2. The van der Waals surface area contributed by atoms with E-state index in [9.17, 15) is 18.4 Å². The molecule has 160 valence electrons. The van der Waals surface area contributed by atoms with Crippen molar-refractivity contribution in [3.8, 4) is 0 Å². The van der Waals surface area contributed by atoms with Crippen molar-refractivity contribution in [2.75, 3.05) is 5.32 Å². The van der Waals surface area contributed by atoms with Gasteiger partial charge >= 0.3 is 0 Å². The Bertz CT molecular complexity index is 759. The number of alkyl halides is 2. The molecule has 0 unspecified atom stereocenters. The zero-order valence-corrected chi connectivity index (χ0v) is 16.5. The fourth-order valence-corrected chi connectivity index (χ4v) is 4.46. The monoisotopic (exact) mass is 409 g/mol. The van der Waals surface area contributed by atoms with E-state index in [1.807, 2.05) is 0 Å². The molecule has 4 N–H and O–H groups in total. The third-order valence-corrected chi connectivity index (χ3v) is 6.45. The van der Waals surface area contributed by atoms with Crippen LogP contribution in [0.15, 0.2) is 6.20 Å². The second kappa shape index (κ2) is 8.01. The van der Waals surface area contributed by atoms with Gasteiger partial charge in [-0.3, -0.25) is 14.3 Å². The van der Waals surface area contributed by atoms with Gasteiger partial charge in [-0.15, -0.1) is 0 Å². The summed E-state index contributed by atoms with van der Waals surface area (Å²) in [7, 11) is 0. The van der Waals surface area contributed by atoms with Gasteiger partial charge in [0.05, 0.1) is 6.04 Å². The number of carbonyl (C=O) groups excluding carboxylic acids is 2. The molecule has 0 spiro atoms. The number of anilines is 1. The van der Waals surface area contributed by atoms with Crippen molar-refractivity contribution in [3.05, 3.63) is 11.8 Å². The first-order valence-corrected chi connectivity index (χ1v) is 10.6. The average Bonchev–Trinajstić information content (AvgIpc) is 3.45. The summed E-state index contributed by atoms with van der Waals surface area (Å²) in [5.74, 6) is -2.95. The summed E-state index contributed by atoms with van der Waals surface area (Å²) < 4.78 is 28.4. The highest BCUT2D eigenvalue weighted by molar-refractivity contribution is 6.02. The Hall–Kier alpha value is -2.03. The van der Waals surface area contributed by atoms with Crippen LogP contribution >= 0.6 is 0 Å². The molecule has 0 aromatic carbocycles. The second-order valence-electron chi connectivity index (χ2n) is 8.80. The summed E-state index contributed by atoms with van der Waals surface area (Å²) in [6, 6.07) is 0.628. The Morgan fingerprint density at radius 2 is 1.66 bits per heavy atom. The summed E-state index contributed by atoms with van der Waals surface area (Å²) in [6.07, 6.45) is 7.95. The Kier molecular flexibility index (Phi) is 5.59. The number of primary amides is 1. The molecule has 1 aromatic heterocycles. The van der Waals surface area contributed by atoms with E-state index >= 15 is 0 Å². The van der Waals surface area contributed by atoms with Crippen LogP contribution < -0.4 is 16.4 Å². The van der Waals surface area contributed by atoms with E-state index in [0.29, 0.717) is 18.9 Å². The van der Waals surface area contributed by atoms with Gasteiger partial charge in [0.15, 0.2) is 5.82 Å². The summed E-state index contributed by atoms with van der Waals surface area (Å²) in [5, 5.41) is 10.7. The quantitative estimate of drug-likeness (QED) is 0.672. The lowest BCUT2D eigenvalue weighted by atomic mass is 9.87. The molecule has 9 heteroatoms. The smallest absolute Gasteiger partial charge is 0.254 e. The highest BCUT2D eigenvalue weighted by Gasteiger charge is 2.36. The van der Waals surface area contributed by atoms with Crippen LogP contribution in [0.5, 0.6) is 0 Å². The van der Waals surface area contributed by atoms with Crippen LogP contribution in [0, 0.1) is 5.92 Å². The minimum atomic E-state index is -2.50. The van der Waals surface area contributed by atoms with Gasteiger partial charge in [-0.2, -0.15) is 5.10 Å². The molecule has 0 saturated heterocycles. The number of hydrogen-bond acceptors (Lipinski definition) is 4. The fourth-order valence-electron chi connectivity index (χ4n) is 4.46. The molecular formula is C20H29F2N5O2. The van der Waals surface area contributed by atoms with Gasteiger partial charge in [-0.1, -0.05) is 0 Å². The number of rotatable bonds is 6. The lowest BCUT2D eigenvalue weighted by molar-refractivity contribution is -0.117. The van der Waals surface area contributed by atoms with E-state index < -0.39 is 11.8 Å². The van der Waals surface area contributed by atoms with Crippen molar-refractivity contribution in [1.29, 1.82) is 0 Å². The zero-order chi connectivity index (χ0) is 20.6. The minimum absolute atomic E-state index is 0.0159. The summed E-state index contributed by atoms with van der Waals surface area (Å²) in [5.41, 5.74) is 5.70. The number of amides is 2. The Morgan fingerprint density at radius 1 is 1.03 bits per heavy atom. The van der Waals surface area contributed by atoms with Crippen molar-refractivity contribution in [1.82, 2.24) is 15.1 Å². The third kappa shape index (κ3) is 4.94. The predicted octanol–water partition coefficient (Wildman–Crippen LogP) is 2.98. The highest BCUT2D eigenvalue weighted by Crippen LogP contribution is 2.35. The molecule has 7 nitrogen and oxygen atoms in total. The molecular weight excluding hydrogens is 380 g/mol. The normalized spacial score (nSPS) is 27.5. The van der Waals surface area contributed by atoms with E-state index in [1.165, 1.54) is 0 Å². The van der Waals surface area contributed by atoms with Crippen molar-refractivity contribution in [2.45, 2.75) is 88.3 Å². The molecule has 1 heterocycles. The van der Waals surface area contributed by atoms with Crippen LogP contribution in [-0.4, -0.2) is 39.6 Å². The summed E-state index contributed by atoms with van der Waals surface area (Å²) in [4.78, 5) is 23.8. The van der Waals surface area contributed by atoms with E-state index in [-0.39, 0.29) is 48.1 Å². The van der Waals surface area contributed by atoms with Crippen molar-refractivity contribution < 1.29 is 18.4 Å². The molecule has 3 fully saturated rings. The van der Waals surface area contributed by atoms with Gasteiger partial charge in [-0.05, 0) is 51.4 Å². The Balaban J connectivity index is 1.32. The van der Waals surface area contributed by atoms with Crippen molar-refractivity contribution in [2.24, 2.45) is 11.7 Å². The largest absolute Gasteiger partial charge is 0.365 e. The fraction of sp³-hybridized carbons (Fsp3) is 0.750. The molecule has 0 atom stereocenters. The van der Waals surface area contributed by atoms with Crippen LogP contribution in [0.4, 0.5) is 14.6 Å². The van der Waals surface area contributed by atoms with Crippen molar-refractivity contribution in [3.63, 3.8) is 0 Å². The lowest BCUT2D eigenvalue weighted by Crippen LogP contribution is -2.44. The number of nitrogens with one attached hydrogen (secondary N) is 2. The maximum absolute atomic E-state index is 13.3. The average molecular weight is 409 g/mol. The summed E-state index contributed by atoms with van der Waals surface area (Å²) in [6.45, 7) is 0. The van der Waals surface area contributed by atoms with E-state index in [2.05, 4.69) is 15.7 Å². The highest BCUT2D eigenvalue weighted by atomic mass is 19.3. The third-order valence-electron chi connectivity index (χ3n) is 6.45. The molecule has 1 aromatic rings. The first-order valence-electron chi connectivity index (χ1n) is 10.6. The number of nitrogens with two attached hydrogens (primary N) is 1. The molecule has 3 saturated carbocycles. The van der Waals surface area contributed by atoms with Crippen LogP contribution in [-0.2, 0) is 4.79 Å². The molecule has 0 radical (unpaired) electrons. The molecule has 29 heavy (non-hydrogen) atoms. The second-order valence-corrected chi connectivity index (χ2v) is 8.80. The molecule has 0 aliphatic heterocycles. The van der Waals surface area contributed by atoms with Gasteiger partial charge in [0.25, 0.3) is 5.91 Å². The minimum Gasteiger partial charge on any atom is -0.365 e. The number of nitrogens with zero attached hydrogens (tertiary/aromatic N) is 2. The van der Waals surface area contributed by atoms with Crippen molar-refractivity contribution >= 4 is 17.6 Å². The lowest BCUT2D eigenvalue weighted by Gasteiger charge is -2.35. The van der Waals surface area contributed by atoms with Crippen LogP contribution in [0.25, 0.3) is 0 Å². The molecule has 3 aliphatic carbocycles. The van der Waals surface area contributed by atoms with Gasteiger partial charge in [0.2, 0.25) is 11.8 Å². The van der Waals surface area contributed by atoms with E-state index in [1.54, 1.807) is 10.9 Å². The first kappa shape index (κ1) is 20.3. The Labute approximate surface area is 168 Å². The predicted molar refractivity (Wildman–Crippen MR) is 104 cm³/mol. The van der Waals surface area contributed by atoms with Crippen LogP contribution in [0.3, 0.4) is 0 Å². The van der Waals surface area contributed by atoms with Gasteiger partial charge in [0, 0.05) is 37.0 Å². The zero-order valence-electron chi connectivity index (χ0n) is 16.5. The molecule has 4 rings (SSSR count). The topological polar surface area (TPSA) is 102 Å². The number of aromatic nitrogens is 2. The molecule has 2 amide bonds. The van der Waals surface area contributed by atoms with E-state index in [4.69, 9.17) is 5.73 Å². The summed E-state index contributed by atoms with van der Waals surface area (Å²) >= 11 is 0. The first-order chi connectivity index (χ1) is 13.8. The van der Waals surface area contributed by atoms with Gasteiger partial charge in [0.1, 0.15) is 5.56 Å². The number of carbonyl (C=O) groups is 2. The maximum atomic E-state index is 13.3. The Morgan fingerprint density at radius 3 is 2.24 bits per heavy atom. The van der Waals surface area contributed by atoms with E-state index in [0.717, 1.165) is 38.5 Å². The van der Waals surface area contributed by atoms with Gasteiger partial charge < -0.3 is 16.4 Å². The maximum Gasteiger partial charge on any atom is 0.254 e. The SMILES string of the molecule is NC(=O)c1cn(C2CCC(NC3CCC(F)(F)CC3)CC2)nc1NC(=O)C1CC1. The van der Waals surface area contributed by atoms with Gasteiger partial charge in [-0.25, -0.2) is 8.78 Å².